The number of carbonyl (C=O) groups is 1. The second kappa shape index (κ2) is 9.08. The highest BCUT2D eigenvalue weighted by Crippen LogP contribution is 2.31. The Hall–Kier alpha value is -2.26. The van der Waals surface area contributed by atoms with Crippen molar-refractivity contribution >= 4 is 27.2 Å². The van der Waals surface area contributed by atoms with E-state index in [9.17, 15) is 23.8 Å². The summed E-state index contributed by atoms with van der Waals surface area (Å²) in [6.45, 7) is 10.1. The van der Waals surface area contributed by atoms with Crippen molar-refractivity contribution in [3.63, 3.8) is 0 Å². The summed E-state index contributed by atoms with van der Waals surface area (Å²) in [6, 6.07) is 1.75. The van der Waals surface area contributed by atoms with Crippen molar-refractivity contribution in [3.05, 3.63) is 39.4 Å². The number of nitrogens with zero attached hydrogens (tertiary/aromatic N) is 4. The van der Waals surface area contributed by atoms with Gasteiger partial charge >= 0.3 is 0 Å². The van der Waals surface area contributed by atoms with Crippen LogP contribution in [-0.2, 0) is 26.7 Å². The summed E-state index contributed by atoms with van der Waals surface area (Å²) in [5.74, 6) is -2.11. The molecule has 2 rings (SSSR count). The second-order valence-corrected chi connectivity index (χ2v) is 11.1. The topological polar surface area (TPSA) is 142 Å². The van der Waals surface area contributed by atoms with Gasteiger partial charge < -0.3 is 5.11 Å². The van der Waals surface area contributed by atoms with Crippen LogP contribution in [-0.4, -0.2) is 25.2 Å². The lowest BCUT2D eigenvalue weighted by molar-refractivity contribution is -0.117. The molecule has 1 amide bonds. The van der Waals surface area contributed by atoms with Crippen LogP contribution in [0.5, 0.6) is 0 Å². The highest BCUT2D eigenvalue weighted by atomic mass is 32.2. The van der Waals surface area contributed by atoms with Crippen LogP contribution >= 0.6 is 11.3 Å². The molecule has 0 saturated carbocycles. The van der Waals surface area contributed by atoms with Crippen LogP contribution in [0.2, 0.25) is 0 Å². The molecule has 2 aromatic heterocycles. The smallest absolute Gasteiger partial charge is 0.259 e. The molecule has 1 atom stereocenters. The van der Waals surface area contributed by atoms with Crippen LogP contribution in [0, 0.1) is 17.1 Å². The minimum absolute atomic E-state index is 0.0877. The average Bonchev–Trinajstić information content (AvgIpc) is 3.12. The number of carbonyl (C=O) groups excluding carboxylic acids is 1. The van der Waals surface area contributed by atoms with E-state index in [0.717, 1.165) is 11.3 Å². The quantitative estimate of drug-likeness (QED) is 0.666. The molecule has 0 saturated heterocycles. The SMILES string of the molecule is CC(C)c1nc(C#N)c(F)c(C(C)C)c1CC(=O)N=S(N)(=O)c1nc(C(C)(C)O)cs1. The molecule has 8 nitrogen and oxygen atoms in total. The predicted molar refractivity (Wildman–Crippen MR) is 116 cm³/mol. The maximum atomic E-state index is 14.9. The molecule has 0 spiro atoms. The van der Waals surface area contributed by atoms with E-state index in [1.165, 1.54) is 19.2 Å². The number of pyridine rings is 1. The van der Waals surface area contributed by atoms with Gasteiger partial charge in [0.05, 0.1) is 12.1 Å². The van der Waals surface area contributed by atoms with Gasteiger partial charge in [0.1, 0.15) is 11.7 Å². The number of nitriles is 1. The number of halogens is 1. The average molecular weight is 468 g/mol. The van der Waals surface area contributed by atoms with Gasteiger partial charge in [0.2, 0.25) is 4.34 Å². The lowest BCUT2D eigenvalue weighted by atomic mass is 9.89. The molecule has 2 aromatic rings. The first-order valence-corrected chi connectivity index (χ1v) is 12.0. The van der Waals surface area contributed by atoms with Crippen molar-refractivity contribution in [1.29, 1.82) is 5.26 Å². The summed E-state index contributed by atoms with van der Waals surface area (Å²) >= 11 is 0.929. The molecular weight excluding hydrogens is 441 g/mol. The molecule has 11 heteroatoms. The van der Waals surface area contributed by atoms with Crippen molar-refractivity contribution < 1.29 is 18.5 Å². The number of hydrogen-bond donors (Lipinski definition) is 2. The van der Waals surface area contributed by atoms with Gasteiger partial charge in [-0.15, -0.1) is 15.7 Å². The van der Waals surface area contributed by atoms with Gasteiger partial charge in [-0.1, -0.05) is 27.7 Å². The highest BCUT2D eigenvalue weighted by Gasteiger charge is 2.26. The van der Waals surface area contributed by atoms with Crippen LogP contribution < -0.4 is 5.14 Å². The summed E-state index contributed by atoms with van der Waals surface area (Å²) in [6.07, 6.45) is -0.366. The standard InChI is InChI=1S/C20H26FN5O3S2/c1-10(2)16-12(18(11(3)4)24-13(8-22)17(16)21)7-15(27)26-31(23,29)19-25-14(9-30-19)20(5,6)28/h9-11,28H,7H2,1-6H3,(H2,23,26,27,29). The Bertz CT molecular complexity index is 1170. The second-order valence-electron chi connectivity index (χ2n) is 8.26. The van der Waals surface area contributed by atoms with Gasteiger partial charge in [-0.3, -0.25) is 4.79 Å². The third kappa shape index (κ3) is 5.51. The number of hydrogen-bond acceptors (Lipinski definition) is 7. The van der Waals surface area contributed by atoms with E-state index in [1.807, 2.05) is 13.8 Å². The molecule has 0 aromatic carbocycles. The first-order chi connectivity index (χ1) is 14.2. The Kier molecular flexibility index (Phi) is 7.32. The van der Waals surface area contributed by atoms with Crippen molar-refractivity contribution in [2.75, 3.05) is 0 Å². The Balaban J connectivity index is 2.54. The first-order valence-electron chi connectivity index (χ1n) is 9.57. The number of aliphatic hydroxyl groups is 1. The third-order valence-corrected chi connectivity index (χ3v) is 7.17. The fourth-order valence-electron chi connectivity index (χ4n) is 3.02. The van der Waals surface area contributed by atoms with Crippen LogP contribution in [0.4, 0.5) is 4.39 Å². The van der Waals surface area contributed by atoms with E-state index < -0.39 is 27.2 Å². The molecule has 0 fully saturated rings. The Labute approximate surface area is 185 Å². The van der Waals surface area contributed by atoms with Crippen LogP contribution in [0.15, 0.2) is 14.1 Å². The van der Waals surface area contributed by atoms with Gasteiger partial charge in [-0.25, -0.2) is 23.7 Å². The summed E-state index contributed by atoms with van der Waals surface area (Å²) in [5, 5.41) is 26.5. The predicted octanol–water partition coefficient (Wildman–Crippen LogP) is 3.49. The van der Waals surface area contributed by atoms with E-state index >= 15 is 0 Å². The zero-order valence-corrected chi connectivity index (χ0v) is 19.9. The molecule has 0 aliphatic heterocycles. The Morgan fingerprint density at radius 1 is 1.35 bits per heavy atom. The summed E-state index contributed by atoms with van der Waals surface area (Å²) in [5.41, 5.74) is -0.394. The Morgan fingerprint density at radius 2 is 1.97 bits per heavy atom. The Morgan fingerprint density at radius 3 is 2.42 bits per heavy atom. The largest absolute Gasteiger partial charge is 0.384 e. The molecule has 3 N–H and O–H groups in total. The van der Waals surface area contributed by atoms with Crippen LogP contribution in [0.3, 0.4) is 0 Å². The number of aromatic nitrogens is 2. The molecule has 168 valence electrons. The maximum Gasteiger partial charge on any atom is 0.259 e. The fourth-order valence-corrected chi connectivity index (χ4v) is 5.21. The number of nitrogens with two attached hydrogens (primary N) is 1. The number of amides is 1. The molecule has 0 bridgehead atoms. The molecule has 0 aliphatic rings. The number of rotatable bonds is 6. The van der Waals surface area contributed by atoms with Crippen LogP contribution in [0.25, 0.3) is 0 Å². The zero-order valence-electron chi connectivity index (χ0n) is 18.3. The third-order valence-electron chi connectivity index (χ3n) is 4.47. The van der Waals surface area contributed by atoms with E-state index in [2.05, 4.69) is 14.3 Å². The summed E-state index contributed by atoms with van der Waals surface area (Å²) in [4.78, 5) is 20.9. The maximum absolute atomic E-state index is 14.9. The minimum atomic E-state index is -3.65. The van der Waals surface area contributed by atoms with Crippen molar-refractivity contribution in [3.8, 4) is 6.07 Å². The zero-order chi connectivity index (χ0) is 23.7. The van der Waals surface area contributed by atoms with Gasteiger partial charge in [0.25, 0.3) is 5.91 Å². The minimum Gasteiger partial charge on any atom is -0.384 e. The fraction of sp³-hybridized carbons (Fsp3) is 0.500. The molecular formula is C20H26FN5O3S2. The molecule has 2 heterocycles. The molecule has 0 aliphatic carbocycles. The van der Waals surface area contributed by atoms with Crippen molar-refractivity contribution in [2.24, 2.45) is 9.50 Å². The van der Waals surface area contributed by atoms with Crippen molar-refractivity contribution in [1.82, 2.24) is 9.97 Å². The van der Waals surface area contributed by atoms with Gasteiger partial charge in [-0.05, 0) is 36.8 Å². The molecule has 0 radical (unpaired) electrons. The van der Waals surface area contributed by atoms with E-state index in [0.29, 0.717) is 11.3 Å². The van der Waals surface area contributed by atoms with E-state index in [-0.39, 0.29) is 39.5 Å². The summed E-state index contributed by atoms with van der Waals surface area (Å²) < 4.78 is 31.3. The van der Waals surface area contributed by atoms with Gasteiger partial charge in [0.15, 0.2) is 21.4 Å². The van der Waals surface area contributed by atoms with Gasteiger partial charge in [0, 0.05) is 11.1 Å². The van der Waals surface area contributed by atoms with E-state index in [1.54, 1.807) is 19.9 Å². The monoisotopic (exact) mass is 467 g/mol. The van der Waals surface area contributed by atoms with Crippen molar-refractivity contribution in [2.45, 2.75) is 69.7 Å². The van der Waals surface area contributed by atoms with Gasteiger partial charge in [-0.2, -0.15) is 5.26 Å². The summed E-state index contributed by atoms with van der Waals surface area (Å²) in [7, 11) is -3.65. The first kappa shape index (κ1) is 25.0. The molecule has 31 heavy (non-hydrogen) atoms. The lowest BCUT2D eigenvalue weighted by Gasteiger charge is -2.19. The van der Waals surface area contributed by atoms with E-state index in [4.69, 9.17) is 5.14 Å². The number of thiazole rings is 1. The molecule has 1 unspecified atom stereocenters. The highest BCUT2D eigenvalue weighted by molar-refractivity contribution is 7.93. The lowest BCUT2D eigenvalue weighted by Crippen LogP contribution is -2.20. The van der Waals surface area contributed by atoms with Crippen LogP contribution in [0.1, 0.15) is 81.6 Å². The normalized spacial score (nSPS) is 13.9.